The molecule has 3 heterocycles. The Morgan fingerprint density at radius 3 is 1.89 bits per heavy atom. The lowest BCUT2D eigenvalue weighted by Gasteiger charge is -2.26. The van der Waals surface area contributed by atoms with Gasteiger partial charge in [0.25, 0.3) is 0 Å². The SMILES string of the molecule is c1ccc2cc(N(c3ccc4c(c3)oc3cccc(-c5nc6cc7ccccc7cc6o5)c34)c3ccc4oc5ccc6ccccc6c5c4c3)ccc2c1. The van der Waals surface area contributed by atoms with Crippen molar-refractivity contribution in [3.63, 3.8) is 0 Å². The van der Waals surface area contributed by atoms with Crippen LogP contribution in [0.2, 0.25) is 0 Å². The number of nitrogens with zero attached hydrogens (tertiary/aromatic N) is 2. The van der Waals surface area contributed by atoms with E-state index >= 15 is 0 Å². The first kappa shape index (κ1) is 29.2. The molecule has 252 valence electrons. The van der Waals surface area contributed by atoms with Gasteiger partial charge in [-0.15, -0.1) is 0 Å². The van der Waals surface area contributed by atoms with Crippen molar-refractivity contribution in [2.24, 2.45) is 0 Å². The highest BCUT2D eigenvalue weighted by Crippen LogP contribution is 2.44. The lowest BCUT2D eigenvalue weighted by atomic mass is 10.0. The van der Waals surface area contributed by atoms with E-state index in [-0.39, 0.29) is 0 Å². The second-order valence-corrected chi connectivity index (χ2v) is 14.0. The molecule has 0 amide bonds. The molecule has 0 spiro atoms. The average Bonchev–Trinajstić information content (AvgIpc) is 3.92. The summed E-state index contributed by atoms with van der Waals surface area (Å²) in [7, 11) is 0. The number of benzene rings is 9. The third-order valence-corrected chi connectivity index (χ3v) is 10.8. The van der Waals surface area contributed by atoms with Gasteiger partial charge in [-0.05, 0) is 105 Å². The van der Waals surface area contributed by atoms with Crippen molar-refractivity contribution in [3.05, 3.63) is 170 Å². The maximum absolute atomic E-state index is 6.64. The molecule has 12 rings (SSSR count). The van der Waals surface area contributed by atoms with E-state index < -0.39 is 0 Å². The molecule has 0 aliphatic rings. The number of furan rings is 2. The van der Waals surface area contributed by atoms with Crippen molar-refractivity contribution in [2.75, 3.05) is 4.90 Å². The van der Waals surface area contributed by atoms with E-state index in [0.717, 1.165) is 88.4 Å². The zero-order chi connectivity index (χ0) is 35.3. The van der Waals surface area contributed by atoms with E-state index in [1.54, 1.807) is 0 Å². The van der Waals surface area contributed by atoms with Gasteiger partial charge < -0.3 is 18.2 Å². The molecule has 9 aromatic carbocycles. The number of fused-ring (bicyclic) bond motifs is 11. The van der Waals surface area contributed by atoms with Crippen LogP contribution in [0.4, 0.5) is 17.1 Å². The zero-order valence-corrected chi connectivity index (χ0v) is 28.8. The maximum Gasteiger partial charge on any atom is 0.228 e. The summed E-state index contributed by atoms with van der Waals surface area (Å²) in [6.07, 6.45) is 0. The molecule has 0 atom stereocenters. The molecule has 5 heteroatoms. The highest BCUT2D eigenvalue weighted by atomic mass is 16.4. The molecule has 3 aromatic heterocycles. The minimum absolute atomic E-state index is 0.573. The predicted octanol–water partition coefficient (Wildman–Crippen LogP) is 14.2. The van der Waals surface area contributed by atoms with Gasteiger partial charge in [-0.1, -0.05) is 91.0 Å². The van der Waals surface area contributed by atoms with Crippen LogP contribution in [0.15, 0.2) is 183 Å². The summed E-state index contributed by atoms with van der Waals surface area (Å²) in [5.41, 5.74) is 8.82. The van der Waals surface area contributed by atoms with Crippen molar-refractivity contribution >= 4 is 104 Å². The van der Waals surface area contributed by atoms with Gasteiger partial charge in [0.1, 0.15) is 27.8 Å². The molecule has 0 radical (unpaired) electrons. The van der Waals surface area contributed by atoms with Crippen LogP contribution in [-0.2, 0) is 0 Å². The lowest BCUT2D eigenvalue weighted by molar-refractivity contribution is 0.620. The third-order valence-electron chi connectivity index (χ3n) is 10.8. The van der Waals surface area contributed by atoms with Gasteiger partial charge in [0.15, 0.2) is 5.58 Å². The Hall–Kier alpha value is -7.37. The summed E-state index contributed by atoms with van der Waals surface area (Å²) >= 11 is 0. The summed E-state index contributed by atoms with van der Waals surface area (Å²) < 4.78 is 19.5. The van der Waals surface area contributed by atoms with Crippen LogP contribution in [0.25, 0.3) is 98.7 Å². The monoisotopic (exact) mass is 692 g/mol. The fraction of sp³-hybridized carbons (Fsp3) is 0. The van der Waals surface area contributed by atoms with Gasteiger partial charge in [0, 0.05) is 50.2 Å². The van der Waals surface area contributed by atoms with Crippen molar-refractivity contribution in [1.29, 1.82) is 0 Å². The summed E-state index contributed by atoms with van der Waals surface area (Å²) in [5.74, 6) is 0.573. The third kappa shape index (κ3) is 4.36. The Balaban J connectivity index is 1.05. The van der Waals surface area contributed by atoms with Crippen LogP contribution < -0.4 is 4.90 Å². The van der Waals surface area contributed by atoms with Crippen molar-refractivity contribution in [2.45, 2.75) is 0 Å². The first-order chi connectivity index (χ1) is 26.7. The number of anilines is 3. The number of oxazole rings is 1. The Labute approximate surface area is 307 Å². The van der Waals surface area contributed by atoms with E-state index in [1.807, 2.05) is 24.3 Å². The minimum atomic E-state index is 0.573. The zero-order valence-electron chi connectivity index (χ0n) is 28.8. The lowest BCUT2D eigenvalue weighted by Crippen LogP contribution is -2.09. The van der Waals surface area contributed by atoms with Crippen LogP contribution >= 0.6 is 0 Å². The van der Waals surface area contributed by atoms with Crippen molar-refractivity contribution in [3.8, 4) is 11.5 Å². The Kier molecular flexibility index (Phi) is 5.99. The fourth-order valence-electron chi connectivity index (χ4n) is 8.30. The summed E-state index contributed by atoms with van der Waals surface area (Å²) in [6, 6.07) is 59.2. The molecular weight excluding hydrogens is 665 g/mol. The van der Waals surface area contributed by atoms with Crippen LogP contribution in [0, 0.1) is 0 Å². The average molecular weight is 693 g/mol. The molecule has 0 unspecified atom stereocenters. The van der Waals surface area contributed by atoms with Crippen LogP contribution in [-0.4, -0.2) is 4.98 Å². The van der Waals surface area contributed by atoms with E-state index in [2.05, 4.69) is 150 Å². The highest BCUT2D eigenvalue weighted by Gasteiger charge is 2.21. The van der Waals surface area contributed by atoms with E-state index in [4.69, 9.17) is 18.2 Å². The molecule has 0 aliphatic heterocycles. The summed E-state index contributed by atoms with van der Waals surface area (Å²) in [4.78, 5) is 7.26. The molecule has 0 saturated heterocycles. The van der Waals surface area contributed by atoms with Crippen molar-refractivity contribution in [1.82, 2.24) is 4.98 Å². The molecule has 0 N–H and O–H groups in total. The quantitative estimate of drug-likeness (QED) is 0.184. The second-order valence-electron chi connectivity index (χ2n) is 14.0. The Bertz CT molecular complexity index is 3420. The van der Waals surface area contributed by atoms with E-state index in [1.165, 1.54) is 21.5 Å². The van der Waals surface area contributed by atoms with Gasteiger partial charge in [-0.25, -0.2) is 4.98 Å². The van der Waals surface area contributed by atoms with Gasteiger partial charge in [0.05, 0.1) is 0 Å². The predicted molar refractivity (Wildman–Crippen MR) is 221 cm³/mol. The van der Waals surface area contributed by atoms with Gasteiger partial charge in [-0.2, -0.15) is 0 Å². The molecule has 0 bridgehead atoms. The molecular formula is C49H28N2O3. The minimum Gasteiger partial charge on any atom is -0.456 e. The standard InChI is InChI=1S/C49H28N2O3/c1-2-10-31-24-34(18-16-29(31)8-1)51(35-20-23-42-40(27-35)47-37-13-6-5-9-30(37)17-22-44(47)52-42)36-19-21-38-45(28-36)53-43-15-7-14-39(48(38)43)49-50-41-25-32-11-3-4-12-33(32)26-46(41)54-49/h1-28H. The molecule has 54 heavy (non-hydrogen) atoms. The highest BCUT2D eigenvalue weighted by molar-refractivity contribution is 6.19. The van der Waals surface area contributed by atoms with Gasteiger partial charge in [-0.3, -0.25) is 0 Å². The second kappa shape index (κ2) is 11.1. The number of aromatic nitrogens is 1. The van der Waals surface area contributed by atoms with E-state index in [9.17, 15) is 0 Å². The first-order valence-electron chi connectivity index (χ1n) is 18.1. The van der Waals surface area contributed by atoms with Crippen LogP contribution in [0.1, 0.15) is 0 Å². The molecule has 0 fully saturated rings. The van der Waals surface area contributed by atoms with Gasteiger partial charge >= 0.3 is 0 Å². The summed E-state index contributed by atoms with van der Waals surface area (Å²) in [6.45, 7) is 0. The van der Waals surface area contributed by atoms with Crippen molar-refractivity contribution < 1.29 is 13.3 Å². The molecule has 5 nitrogen and oxygen atoms in total. The number of rotatable bonds is 4. The van der Waals surface area contributed by atoms with E-state index in [0.29, 0.717) is 5.89 Å². The molecule has 12 aromatic rings. The molecule has 0 aliphatic carbocycles. The normalized spacial score (nSPS) is 12.1. The van der Waals surface area contributed by atoms with Crippen LogP contribution in [0.3, 0.4) is 0 Å². The maximum atomic E-state index is 6.64. The number of hydrogen-bond donors (Lipinski definition) is 0. The first-order valence-corrected chi connectivity index (χ1v) is 18.1. The topological polar surface area (TPSA) is 55.6 Å². The summed E-state index contributed by atoms with van der Waals surface area (Å²) in [5, 5.41) is 11.1. The molecule has 0 saturated carbocycles. The Morgan fingerprint density at radius 2 is 1.00 bits per heavy atom. The largest absolute Gasteiger partial charge is 0.456 e. The van der Waals surface area contributed by atoms with Crippen LogP contribution in [0.5, 0.6) is 0 Å². The Morgan fingerprint density at radius 1 is 0.352 bits per heavy atom. The van der Waals surface area contributed by atoms with Gasteiger partial charge in [0.2, 0.25) is 5.89 Å². The smallest absolute Gasteiger partial charge is 0.228 e. The fourth-order valence-corrected chi connectivity index (χ4v) is 8.30. The number of hydrogen-bond acceptors (Lipinski definition) is 5.